The lowest BCUT2D eigenvalue weighted by Crippen LogP contribution is -2.51. The van der Waals surface area contributed by atoms with Gasteiger partial charge in [0, 0.05) is 46.7 Å². The lowest BCUT2D eigenvalue weighted by molar-refractivity contribution is -0.146. The average molecular weight is 911 g/mol. The number of hydrogen-bond donors (Lipinski definition) is 3. The fraction of sp³-hybridized carbons (Fsp3) is 0.241. The molecule has 13 heteroatoms. The van der Waals surface area contributed by atoms with E-state index in [0.29, 0.717) is 52.4 Å². The first-order valence-corrected chi connectivity index (χ1v) is 25.7. The van der Waals surface area contributed by atoms with Crippen LogP contribution in [0.25, 0.3) is 0 Å². The highest BCUT2D eigenvalue weighted by Gasteiger charge is 2.66. The van der Waals surface area contributed by atoms with E-state index in [1.165, 1.54) is 5.19 Å². The van der Waals surface area contributed by atoms with Crippen LogP contribution in [0.5, 0.6) is 5.75 Å². The van der Waals surface area contributed by atoms with E-state index in [9.17, 15) is 14.7 Å². The number of aromatic nitrogens is 3. The summed E-state index contributed by atoms with van der Waals surface area (Å²) in [6, 6.07) is 49.3. The zero-order valence-corrected chi connectivity index (χ0v) is 39.0. The number of rotatable bonds is 15. The van der Waals surface area contributed by atoms with Crippen LogP contribution in [0.4, 0.5) is 17.1 Å². The van der Waals surface area contributed by atoms with Gasteiger partial charge in [-0.1, -0.05) is 121 Å². The molecule has 0 aliphatic carbocycles. The minimum Gasteiger partial charge on any atom is -0.497 e. The number of ether oxygens (including phenoxy) is 2. The number of hydrogen-bond acceptors (Lipinski definition) is 8. The number of aliphatic hydroxyl groups excluding tert-OH is 1. The van der Waals surface area contributed by atoms with Crippen LogP contribution in [-0.4, -0.2) is 65.7 Å². The number of aliphatic hydroxyl groups is 1. The lowest BCUT2D eigenvalue weighted by atomic mass is 9.82. The fourth-order valence-electron chi connectivity index (χ4n) is 10.2. The third-order valence-electron chi connectivity index (χ3n) is 13.7. The van der Waals surface area contributed by atoms with Gasteiger partial charge in [0.15, 0.2) is 5.60 Å². The highest BCUT2D eigenvalue weighted by atomic mass is 28.3. The maximum absolute atomic E-state index is 15.7. The van der Waals surface area contributed by atoms with Gasteiger partial charge in [0.05, 0.1) is 51.7 Å². The molecule has 2 aliphatic rings. The van der Waals surface area contributed by atoms with E-state index in [4.69, 9.17) is 9.47 Å². The summed E-state index contributed by atoms with van der Waals surface area (Å²) in [6.07, 6.45) is 2.03. The second-order valence-corrected chi connectivity index (χ2v) is 22.6. The second-order valence-electron chi connectivity index (χ2n) is 18.0. The zero-order valence-electron chi connectivity index (χ0n) is 38.0. The first kappa shape index (κ1) is 45.0. The van der Waals surface area contributed by atoms with Crippen LogP contribution in [0.2, 0.25) is 18.6 Å². The van der Waals surface area contributed by atoms with E-state index in [0.717, 1.165) is 16.9 Å². The van der Waals surface area contributed by atoms with Crippen molar-refractivity contribution in [2.24, 2.45) is 5.92 Å². The number of nitrogens with one attached hydrogen (secondary N) is 2. The van der Waals surface area contributed by atoms with Crippen molar-refractivity contribution >= 4 is 48.0 Å². The second kappa shape index (κ2) is 19.0. The van der Waals surface area contributed by atoms with Crippen LogP contribution in [0.3, 0.4) is 0 Å². The van der Waals surface area contributed by atoms with Crippen LogP contribution in [0.15, 0.2) is 164 Å². The fourth-order valence-corrected chi connectivity index (χ4v) is 14.2. The smallest absolute Gasteiger partial charge is 0.264 e. The average Bonchev–Trinajstić information content (AvgIpc) is 4.02. The van der Waals surface area contributed by atoms with Crippen molar-refractivity contribution in [2.45, 2.75) is 62.7 Å². The van der Waals surface area contributed by atoms with Gasteiger partial charge in [0.25, 0.3) is 17.7 Å². The highest BCUT2D eigenvalue weighted by molar-refractivity contribution is 6.91. The van der Waals surface area contributed by atoms with E-state index < -0.39 is 13.7 Å². The number of carbonyl (C=O) groups is 3. The van der Waals surface area contributed by atoms with E-state index in [1.807, 2.05) is 128 Å². The van der Waals surface area contributed by atoms with Crippen molar-refractivity contribution in [1.29, 1.82) is 0 Å². The zero-order chi connectivity index (χ0) is 46.7. The number of amides is 3. The van der Waals surface area contributed by atoms with Crippen LogP contribution in [-0.2, 0) is 28.2 Å². The Hall–Kier alpha value is -7.19. The number of nitrogens with zero attached hydrogens (tertiary/aromatic N) is 4. The van der Waals surface area contributed by atoms with Gasteiger partial charge in [-0.2, -0.15) is 0 Å². The molecule has 5 atom stereocenters. The molecule has 6 aromatic carbocycles. The SMILES string of the molecule is COc1ccc([Si](C)(C)[C@@H]2[C@@H](CCn3cc(C(CO)c4ccccc4)nn3)O[C@]3(C(=O)N(Cc4ccc(NC(=O)c5ccccc5)cc4)c4ccc(NC(=O)c5ccccc5)cc43)[C@H]2C)cc1. The summed E-state index contributed by atoms with van der Waals surface area (Å²) in [7, 11) is -0.853. The molecule has 3 heterocycles. The van der Waals surface area contributed by atoms with Crippen molar-refractivity contribution < 1.29 is 29.0 Å². The topological polar surface area (TPSA) is 148 Å². The number of carbonyl (C=O) groups excluding carboxylic acids is 3. The van der Waals surface area contributed by atoms with Gasteiger partial charge in [-0.15, -0.1) is 5.10 Å². The van der Waals surface area contributed by atoms with Crippen LogP contribution < -0.4 is 25.5 Å². The van der Waals surface area contributed by atoms with Crippen LogP contribution in [0.1, 0.15) is 62.4 Å². The molecule has 0 bridgehead atoms. The molecule has 67 heavy (non-hydrogen) atoms. The molecule has 1 unspecified atom stereocenters. The number of benzene rings is 6. The molecule has 1 spiro atoms. The van der Waals surface area contributed by atoms with Gasteiger partial charge in [0.2, 0.25) is 0 Å². The molecule has 340 valence electrons. The van der Waals surface area contributed by atoms with Crippen molar-refractivity contribution in [2.75, 3.05) is 29.3 Å². The Kier molecular flexibility index (Phi) is 12.7. The molecule has 1 saturated heterocycles. The Bertz CT molecular complexity index is 2860. The maximum Gasteiger partial charge on any atom is 0.264 e. The number of aryl methyl sites for hydroxylation is 1. The van der Waals surface area contributed by atoms with Gasteiger partial charge in [-0.25, -0.2) is 0 Å². The highest BCUT2D eigenvalue weighted by Crippen LogP contribution is 2.60. The van der Waals surface area contributed by atoms with Gasteiger partial charge in [-0.05, 0) is 89.8 Å². The summed E-state index contributed by atoms with van der Waals surface area (Å²) in [5, 5.41) is 26.7. The van der Waals surface area contributed by atoms with Crippen LogP contribution >= 0.6 is 0 Å². The number of methoxy groups -OCH3 is 1. The molecule has 1 fully saturated rings. The Morgan fingerprint density at radius 1 is 0.806 bits per heavy atom. The van der Waals surface area contributed by atoms with Gasteiger partial charge in [0.1, 0.15) is 5.75 Å². The summed E-state index contributed by atoms with van der Waals surface area (Å²) in [6.45, 7) is 7.43. The third-order valence-corrected chi connectivity index (χ3v) is 18.0. The molecule has 9 rings (SSSR count). The van der Waals surface area contributed by atoms with Crippen LogP contribution in [0, 0.1) is 5.92 Å². The summed E-state index contributed by atoms with van der Waals surface area (Å²) < 4.78 is 14.8. The monoisotopic (exact) mass is 910 g/mol. The Labute approximate surface area is 391 Å². The first-order chi connectivity index (χ1) is 32.5. The molecule has 0 radical (unpaired) electrons. The molecule has 1 aromatic heterocycles. The lowest BCUT2D eigenvalue weighted by Gasteiger charge is -2.37. The Morgan fingerprint density at radius 3 is 2.01 bits per heavy atom. The predicted octanol–water partition coefficient (Wildman–Crippen LogP) is 8.77. The summed E-state index contributed by atoms with van der Waals surface area (Å²) >= 11 is 0. The largest absolute Gasteiger partial charge is 0.497 e. The molecule has 2 aliphatic heterocycles. The maximum atomic E-state index is 15.7. The Balaban J connectivity index is 1.07. The normalized spacial score (nSPS) is 19.3. The Morgan fingerprint density at radius 2 is 1.40 bits per heavy atom. The molecule has 12 nitrogen and oxygen atoms in total. The molecular formula is C54H54N6O6Si. The van der Waals surface area contributed by atoms with E-state index >= 15 is 4.79 Å². The molecule has 3 amide bonds. The van der Waals surface area contributed by atoms with Crippen molar-refractivity contribution in [3.8, 4) is 5.75 Å². The molecule has 3 N–H and O–H groups in total. The quantitative estimate of drug-likeness (QED) is 0.0866. The van der Waals surface area contributed by atoms with Crippen molar-refractivity contribution in [3.05, 3.63) is 197 Å². The number of anilines is 3. The molecular weight excluding hydrogens is 857 g/mol. The summed E-state index contributed by atoms with van der Waals surface area (Å²) in [5.74, 6) is -0.513. The summed E-state index contributed by atoms with van der Waals surface area (Å²) in [5.41, 5.74) is 4.68. The van der Waals surface area contributed by atoms with Crippen molar-refractivity contribution in [3.63, 3.8) is 0 Å². The minimum absolute atomic E-state index is 0.0646. The van der Waals surface area contributed by atoms with E-state index in [1.54, 1.807) is 41.0 Å². The third kappa shape index (κ3) is 8.81. The van der Waals surface area contributed by atoms with Crippen molar-refractivity contribution in [1.82, 2.24) is 15.0 Å². The van der Waals surface area contributed by atoms with Gasteiger partial charge in [-0.3, -0.25) is 19.1 Å². The standard InChI is InChI=1S/C54H54N6O6Si/c1-36-50(67(3,4)44-27-25-43(65-2)26-28-44)49(30-31-59-34-47(57-58-59)45(35-61)38-14-8-5-9-15-38)66-54(36)46-32-42(56-52(63)40-18-12-7-13-19-40)24-29-48(46)60(53(54)64)33-37-20-22-41(23-21-37)55-51(62)39-16-10-6-11-17-39/h5-29,32,34,36,45,49-50,61H,30-31,33,35H2,1-4H3,(H,55,62)(H,56,63)/t36-,45?,49+,50-,54+/m0/s1. The van der Waals surface area contributed by atoms with E-state index in [2.05, 4.69) is 53.1 Å². The minimum atomic E-state index is -2.51. The molecule has 7 aromatic rings. The number of fused-ring (bicyclic) bond motifs is 2. The van der Waals surface area contributed by atoms with Gasteiger partial charge >= 0.3 is 0 Å². The first-order valence-electron chi connectivity index (χ1n) is 22.7. The van der Waals surface area contributed by atoms with Gasteiger partial charge < -0.3 is 30.1 Å². The molecule has 0 saturated carbocycles. The summed E-state index contributed by atoms with van der Waals surface area (Å²) in [4.78, 5) is 44.0. The predicted molar refractivity (Wildman–Crippen MR) is 262 cm³/mol. The van der Waals surface area contributed by atoms with E-state index in [-0.39, 0.29) is 54.4 Å².